The third kappa shape index (κ3) is 4.50. The monoisotopic (exact) mass is 511 g/mol. The SMILES string of the molecule is C/C=C(/C1=NC(C2=CC(c3ccc4c(c3)-c3ccccc3C4(C)C)CC=C2)N=C(c2ccccc2)N1)C(C)C. The van der Waals surface area contributed by atoms with E-state index in [1.54, 1.807) is 0 Å². The van der Waals surface area contributed by atoms with Gasteiger partial charge in [0.25, 0.3) is 0 Å². The Balaban J connectivity index is 1.39. The molecule has 39 heavy (non-hydrogen) atoms. The average molecular weight is 512 g/mol. The fraction of sp³-hybridized carbons (Fsp3) is 0.278. The van der Waals surface area contributed by atoms with Crippen molar-refractivity contribution in [1.29, 1.82) is 0 Å². The molecule has 0 saturated carbocycles. The van der Waals surface area contributed by atoms with Crippen LogP contribution in [0.4, 0.5) is 0 Å². The zero-order chi connectivity index (χ0) is 27.1. The summed E-state index contributed by atoms with van der Waals surface area (Å²) in [4.78, 5) is 10.2. The highest BCUT2D eigenvalue weighted by atomic mass is 15.2. The number of hydrogen-bond acceptors (Lipinski definition) is 3. The molecule has 1 N–H and O–H groups in total. The van der Waals surface area contributed by atoms with Crippen molar-refractivity contribution in [3.8, 4) is 11.1 Å². The van der Waals surface area contributed by atoms with Crippen LogP contribution in [0.3, 0.4) is 0 Å². The van der Waals surface area contributed by atoms with Gasteiger partial charge in [-0.05, 0) is 58.2 Å². The third-order valence-corrected chi connectivity index (χ3v) is 8.42. The number of fused-ring (bicyclic) bond motifs is 3. The Labute approximate surface area is 232 Å². The summed E-state index contributed by atoms with van der Waals surface area (Å²) in [5.41, 5.74) is 10.4. The Morgan fingerprint density at radius 1 is 0.923 bits per heavy atom. The molecule has 3 aromatic rings. The minimum absolute atomic E-state index is 0.0294. The predicted molar refractivity (Wildman–Crippen MR) is 165 cm³/mol. The molecule has 0 bridgehead atoms. The maximum absolute atomic E-state index is 5.14. The molecule has 3 aliphatic rings. The van der Waals surface area contributed by atoms with Gasteiger partial charge < -0.3 is 5.32 Å². The minimum Gasteiger partial charge on any atom is -0.325 e. The number of amidine groups is 2. The van der Waals surface area contributed by atoms with Crippen molar-refractivity contribution in [2.45, 2.75) is 58.5 Å². The molecule has 2 aliphatic carbocycles. The highest BCUT2D eigenvalue weighted by Crippen LogP contribution is 2.49. The van der Waals surface area contributed by atoms with Crippen molar-refractivity contribution >= 4 is 11.7 Å². The second kappa shape index (κ2) is 9.96. The minimum atomic E-state index is -0.279. The summed E-state index contributed by atoms with van der Waals surface area (Å²) in [6.07, 6.45) is 9.77. The first kappa shape index (κ1) is 25.3. The van der Waals surface area contributed by atoms with Crippen LogP contribution >= 0.6 is 0 Å². The topological polar surface area (TPSA) is 36.8 Å². The van der Waals surface area contributed by atoms with Crippen molar-refractivity contribution in [2.75, 3.05) is 0 Å². The first-order chi connectivity index (χ1) is 18.9. The lowest BCUT2D eigenvalue weighted by Gasteiger charge is -2.27. The molecule has 2 atom stereocenters. The molecule has 3 aromatic carbocycles. The quantitative estimate of drug-likeness (QED) is 0.367. The number of aliphatic imine (C=N–C) groups is 2. The second-order valence-electron chi connectivity index (χ2n) is 11.6. The van der Waals surface area contributed by atoms with Gasteiger partial charge in [0.2, 0.25) is 0 Å². The number of nitrogens with one attached hydrogen (secondary N) is 1. The van der Waals surface area contributed by atoms with E-state index < -0.39 is 0 Å². The molecule has 0 amide bonds. The van der Waals surface area contributed by atoms with Crippen LogP contribution in [0.5, 0.6) is 0 Å². The Morgan fingerprint density at radius 3 is 2.44 bits per heavy atom. The van der Waals surface area contributed by atoms with E-state index in [4.69, 9.17) is 9.98 Å². The largest absolute Gasteiger partial charge is 0.325 e. The van der Waals surface area contributed by atoms with Crippen LogP contribution in [0.1, 0.15) is 69.2 Å². The van der Waals surface area contributed by atoms with Crippen LogP contribution < -0.4 is 5.32 Å². The van der Waals surface area contributed by atoms with Gasteiger partial charge in [0.05, 0.1) is 0 Å². The molecule has 6 rings (SSSR count). The highest BCUT2D eigenvalue weighted by molar-refractivity contribution is 6.16. The molecule has 0 fully saturated rings. The van der Waals surface area contributed by atoms with Crippen LogP contribution in [0.2, 0.25) is 0 Å². The zero-order valence-corrected chi connectivity index (χ0v) is 23.6. The van der Waals surface area contributed by atoms with Gasteiger partial charge in [0.15, 0.2) is 6.17 Å². The lowest BCUT2D eigenvalue weighted by molar-refractivity contribution is 0.659. The molecule has 0 spiro atoms. The standard InChI is InChI=1S/C36H37N3/c1-6-28(23(2)3)35-38-33(24-13-8-7-9-14-24)37-34(39-35)27-16-12-15-25(21-27)26-19-20-32-30(22-26)29-17-10-11-18-31(29)36(32,4)5/h6-14,16-23,25,34H,15H2,1-5H3,(H,37,38,39)/b28-6+. The number of rotatable bonds is 5. The van der Waals surface area contributed by atoms with Gasteiger partial charge in [0.1, 0.15) is 11.7 Å². The maximum atomic E-state index is 5.14. The smallest absolute Gasteiger partial charge is 0.169 e. The molecule has 1 heterocycles. The summed E-state index contributed by atoms with van der Waals surface area (Å²) in [7, 11) is 0. The summed E-state index contributed by atoms with van der Waals surface area (Å²) < 4.78 is 0. The third-order valence-electron chi connectivity index (χ3n) is 8.42. The van der Waals surface area contributed by atoms with E-state index in [1.807, 2.05) is 6.07 Å². The van der Waals surface area contributed by atoms with Gasteiger partial charge in [-0.25, -0.2) is 9.98 Å². The van der Waals surface area contributed by atoms with E-state index in [0.717, 1.165) is 29.2 Å². The van der Waals surface area contributed by atoms with Crippen molar-refractivity contribution in [1.82, 2.24) is 5.32 Å². The lowest BCUT2D eigenvalue weighted by atomic mass is 9.81. The Kier molecular flexibility index (Phi) is 6.46. The highest BCUT2D eigenvalue weighted by Gasteiger charge is 2.35. The number of allylic oxidation sites excluding steroid dienone is 3. The van der Waals surface area contributed by atoms with Crippen LogP contribution in [0.15, 0.2) is 118 Å². The molecule has 1 aliphatic heterocycles. The number of nitrogens with zero attached hydrogens (tertiary/aromatic N) is 2. The first-order valence-corrected chi connectivity index (χ1v) is 14.1. The fourth-order valence-corrected chi connectivity index (χ4v) is 6.31. The van der Waals surface area contributed by atoms with Gasteiger partial charge in [-0.3, -0.25) is 0 Å². The summed E-state index contributed by atoms with van der Waals surface area (Å²) >= 11 is 0. The first-order valence-electron chi connectivity index (χ1n) is 14.1. The summed E-state index contributed by atoms with van der Waals surface area (Å²) in [6.45, 7) is 11.2. The fourth-order valence-electron chi connectivity index (χ4n) is 6.31. The molecule has 0 saturated heterocycles. The van der Waals surface area contributed by atoms with Gasteiger partial charge in [-0.1, -0.05) is 125 Å². The average Bonchev–Trinajstić information content (AvgIpc) is 3.20. The molecule has 3 heteroatoms. The Morgan fingerprint density at radius 2 is 1.67 bits per heavy atom. The van der Waals surface area contributed by atoms with Gasteiger partial charge in [-0.2, -0.15) is 0 Å². The molecular weight excluding hydrogens is 474 g/mol. The van der Waals surface area contributed by atoms with E-state index in [1.165, 1.54) is 33.4 Å². The number of benzene rings is 3. The molecule has 196 valence electrons. The van der Waals surface area contributed by atoms with Crippen molar-refractivity contribution in [3.63, 3.8) is 0 Å². The van der Waals surface area contributed by atoms with Crippen molar-refractivity contribution < 1.29 is 0 Å². The molecule has 2 unspecified atom stereocenters. The molecule has 0 radical (unpaired) electrons. The van der Waals surface area contributed by atoms with E-state index in [0.29, 0.717) is 11.8 Å². The Bertz CT molecular complexity index is 1560. The lowest BCUT2D eigenvalue weighted by Crippen LogP contribution is -2.39. The van der Waals surface area contributed by atoms with Crippen LogP contribution in [-0.2, 0) is 5.41 Å². The van der Waals surface area contributed by atoms with Crippen LogP contribution in [0.25, 0.3) is 11.1 Å². The molecule has 0 aromatic heterocycles. The van der Waals surface area contributed by atoms with E-state index in [9.17, 15) is 0 Å². The summed E-state index contributed by atoms with van der Waals surface area (Å²) in [5, 5.41) is 3.54. The van der Waals surface area contributed by atoms with Crippen molar-refractivity contribution in [2.24, 2.45) is 15.9 Å². The van der Waals surface area contributed by atoms with E-state index >= 15 is 0 Å². The zero-order valence-electron chi connectivity index (χ0n) is 23.6. The van der Waals surface area contributed by atoms with E-state index in [-0.39, 0.29) is 11.6 Å². The molecule has 3 nitrogen and oxygen atoms in total. The number of hydrogen-bond donors (Lipinski definition) is 1. The second-order valence-corrected chi connectivity index (χ2v) is 11.6. The summed E-state index contributed by atoms with van der Waals surface area (Å²) in [5.74, 6) is 2.44. The molecular formula is C36H37N3. The maximum Gasteiger partial charge on any atom is 0.169 e. The van der Waals surface area contributed by atoms with Gasteiger partial charge in [0, 0.05) is 16.9 Å². The van der Waals surface area contributed by atoms with E-state index in [2.05, 4.69) is 131 Å². The van der Waals surface area contributed by atoms with Gasteiger partial charge in [-0.15, -0.1) is 0 Å². The van der Waals surface area contributed by atoms with Crippen LogP contribution in [0, 0.1) is 5.92 Å². The van der Waals surface area contributed by atoms with Crippen LogP contribution in [-0.4, -0.2) is 17.8 Å². The summed E-state index contributed by atoms with van der Waals surface area (Å²) in [6, 6.07) is 26.3. The normalized spacial score (nSPS) is 21.5. The van der Waals surface area contributed by atoms with Gasteiger partial charge >= 0.3 is 0 Å². The predicted octanol–water partition coefficient (Wildman–Crippen LogP) is 8.34. The van der Waals surface area contributed by atoms with Crippen molar-refractivity contribution in [3.05, 3.63) is 131 Å². The Hall–Kier alpha value is -3.98.